The van der Waals surface area contributed by atoms with Crippen LogP contribution in [0.15, 0.2) is 47.1 Å². The molecule has 1 aromatic heterocycles. The monoisotopic (exact) mass is 305 g/mol. The fraction of sp³-hybridized carbons (Fsp3) is 0.375. The van der Waals surface area contributed by atoms with Gasteiger partial charge >= 0.3 is 0 Å². The normalized spacial score (nSPS) is 17.9. The van der Waals surface area contributed by atoms with E-state index in [-0.39, 0.29) is 6.04 Å². The number of piperazine rings is 1. The first-order valence-electron chi connectivity index (χ1n) is 7.26. The smallest absolute Gasteiger partial charge is 0.122 e. The Balaban J connectivity index is 1.66. The summed E-state index contributed by atoms with van der Waals surface area (Å²) in [6, 6.07) is 12.1. The van der Waals surface area contributed by atoms with Crippen LogP contribution in [0.5, 0.6) is 0 Å². The third kappa shape index (κ3) is 3.07. The highest BCUT2D eigenvalue weighted by atomic mass is 35.5. The summed E-state index contributed by atoms with van der Waals surface area (Å²) >= 11 is 6.27. The number of halogens is 1. The Morgan fingerprint density at radius 2 is 1.86 bits per heavy atom. The third-order valence-corrected chi connectivity index (χ3v) is 4.36. The second-order valence-electron chi connectivity index (χ2n) is 5.24. The van der Waals surface area contributed by atoms with Gasteiger partial charge in [-0.15, -0.1) is 0 Å². The molecule has 1 unspecified atom stereocenters. The Labute approximate surface area is 130 Å². The maximum Gasteiger partial charge on any atom is 0.122 e. The minimum atomic E-state index is 0.161. The van der Waals surface area contributed by atoms with Gasteiger partial charge in [0, 0.05) is 32.7 Å². The van der Waals surface area contributed by atoms with Crippen molar-refractivity contribution >= 4 is 17.3 Å². The maximum absolute atomic E-state index is 6.27. The first-order valence-corrected chi connectivity index (χ1v) is 7.64. The van der Waals surface area contributed by atoms with Gasteiger partial charge in [-0.1, -0.05) is 23.7 Å². The largest absolute Gasteiger partial charge is 0.468 e. The lowest BCUT2D eigenvalue weighted by Gasteiger charge is -2.39. The molecular formula is C16H20ClN3O. The molecule has 2 heterocycles. The molecule has 1 saturated heterocycles. The Morgan fingerprint density at radius 3 is 2.48 bits per heavy atom. The van der Waals surface area contributed by atoms with Gasteiger partial charge in [0.1, 0.15) is 5.76 Å². The van der Waals surface area contributed by atoms with E-state index in [1.165, 1.54) is 0 Å². The molecule has 0 radical (unpaired) electrons. The molecular weight excluding hydrogens is 286 g/mol. The number of nitrogens with two attached hydrogens (primary N) is 1. The van der Waals surface area contributed by atoms with E-state index in [0.29, 0.717) is 6.54 Å². The SMILES string of the molecule is NCC(c1ccco1)N1CCN(c2ccccc2Cl)CC1. The highest BCUT2D eigenvalue weighted by Gasteiger charge is 2.26. The van der Waals surface area contributed by atoms with Crippen LogP contribution in [0.4, 0.5) is 5.69 Å². The van der Waals surface area contributed by atoms with Gasteiger partial charge in [0.05, 0.1) is 23.0 Å². The van der Waals surface area contributed by atoms with Gasteiger partial charge in [0.15, 0.2) is 0 Å². The number of nitrogens with zero attached hydrogens (tertiary/aromatic N) is 2. The van der Waals surface area contributed by atoms with Crippen molar-refractivity contribution in [2.45, 2.75) is 6.04 Å². The van der Waals surface area contributed by atoms with Crippen molar-refractivity contribution in [2.24, 2.45) is 5.73 Å². The molecule has 0 bridgehead atoms. The summed E-state index contributed by atoms with van der Waals surface area (Å²) in [5, 5.41) is 0.812. The van der Waals surface area contributed by atoms with Gasteiger partial charge < -0.3 is 15.1 Å². The zero-order valence-electron chi connectivity index (χ0n) is 11.9. The zero-order valence-corrected chi connectivity index (χ0v) is 12.7. The molecule has 1 aliphatic heterocycles. The minimum Gasteiger partial charge on any atom is -0.468 e. The van der Waals surface area contributed by atoms with Gasteiger partial charge in [0.2, 0.25) is 0 Å². The summed E-state index contributed by atoms with van der Waals surface area (Å²) in [5.41, 5.74) is 7.04. The van der Waals surface area contributed by atoms with Crippen LogP contribution in [0.3, 0.4) is 0 Å². The molecule has 0 amide bonds. The molecule has 4 nitrogen and oxygen atoms in total. The van der Waals surface area contributed by atoms with Gasteiger partial charge in [-0.05, 0) is 24.3 Å². The Morgan fingerprint density at radius 1 is 1.10 bits per heavy atom. The quantitative estimate of drug-likeness (QED) is 0.943. The van der Waals surface area contributed by atoms with Crippen LogP contribution in [0.1, 0.15) is 11.8 Å². The number of para-hydroxylation sites is 1. The van der Waals surface area contributed by atoms with Crippen LogP contribution < -0.4 is 10.6 Å². The van der Waals surface area contributed by atoms with Crippen molar-refractivity contribution in [1.29, 1.82) is 0 Å². The number of benzene rings is 1. The van der Waals surface area contributed by atoms with E-state index in [4.69, 9.17) is 21.8 Å². The molecule has 21 heavy (non-hydrogen) atoms. The predicted octanol–water partition coefficient (Wildman–Crippen LogP) is 2.76. The Hall–Kier alpha value is -1.49. The van der Waals surface area contributed by atoms with Crippen LogP contribution in [0.25, 0.3) is 0 Å². The lowest BCUT2D eigenvalue weighted by molar-refractivity contribution is 0.169. The molecule has 0 spiro atoms. The van der Waals surface area contributed by atoms with Gasteiger partial charge in [-0.25, -0.2) is 0 Å². The van der Waals surface area contributed by atoms with Crippen molar-refractivity contribution in [2.75, 3.05) is 37.6 Å². The van der Waals surface area contributed by atoms with E-state index < -0.39 is 0 Å². The maximum atomic E-state index is 6.27. The number of furan rings is 1. The average Bonchev–Trinajstić information content (AvgIpc) is 3.04. The van der Waals surface area contributed by atoms with Crippen molar-refractivity contribution in [3.8, 4) is 0 Å². The zero-order chi connectivity index (χ0) is 14.7. The lowest BCUT2D eigenvalue weighted by atomic mass is 10.1. The summed E-state index contributed by atoms with van der Waals surface area (Å²) in [4.78, 5) is 4.71. The van der Waals surface area contributed by atoms with Gasteiger partial charge in [0.25, 0.3) is 0 Å². The highest BCUT2D eigenvalue weighted by Crippen LogP contribution is 2.28. The van der Waals surface area contributed by atoms with Crippen molar-refractivity contribution in [1.82, 2.24) is 4.90 Å². The molecule has 2 aromatic rings. The van der Waals surface area contributed by atoms with E-state index >= 15 is 0 Å². The fourth-order valence-electron chi connectivity index (χ4n) is 2.91. The standard InChI is InChI=1S/C16H20ClN3O/c17-13-4-1-2-5-14(13)19-7-9-20(10-8-19)15(12-18)16-6-3-11-21-16/h1-6,11,15H,7-10,12,18H2. The molecule has 112 valence electrons. The van der Waals surface area contributed by atoms with Crippen LogP contribution in [-0.2, 0) is 0 Å². The Bertz CT molecular complexity index is 565. The third-order valence-electron chi connectivity index (χ3n) is 4.04. The number of anilines is 1. The topological polar surface area (TPSA) is 45.6 Å². The van der Waals surface area contributed by atoms with Crippen molar-refractivity contribution in [3.63, 3.8) is 0 Å². The first-order chi connectivity index (χ1) is 10.3. The summed E-state index contributed by atoms with van der Waals surface area (Å²) < 4.78 is 5.51. The van der Waals surface area contributed by atoms with Crippen LogP contribution >= 0.6 is 11.6 Å². The van der Waals surface area contributed by atoms with Gasteiger partial charge in [-0.3, -0.25) is 4.90 Å². The molecule has 3 rings (SSSR count). The molecule has 1 atom stereocenters. The van der Waals surface area contributed by atoms with E-state index in [9.17, 15) is 0 Å². The summed E-state index contributed by atoms with van der Waals surface area (Å²) in [6.07, 6.45) is 1.71. The summed E-state index contributed by atoms with van der Waals surface area (Å²) in [5.74, 6) is 0.948. The molecule has 0 saturated carbocycles. The average molecular weight is 306 g/mol. The fourth-order valence-corrected chi connectivity index (χ4v) is 3.16. The van der Waals surface area contributed by atoms with Crippen LogP contribution in [0, 0.1) is 0 Å². The van der Waals surface area contributed by atoms with Crippen LogP contribution in [0.2, 0.25) is 5.02 Å². The molecule has 1 aliphatic rings. The van der Waals surface area contributed by atoms with Crippen molar-refractivity contribution in [3.05, 3.63) is 53.4 Å². The summed E-state index contributed by atoms with van der Waals surface area (Å²) in [6.45, 7) is 4.36. The summed E-state index contributed by atoms with van der Waals surface area (Å²) in [7, 11) is 0. The molecule has 5 heteroatoms. The Kier molecular flexibility index (Phi) is 4.48. The second kappa shape index (κ2) is 6.52. The first kappa shape index (κ1) is 14.4. The predicted molar refractivity (Wildman–Crippen MR) is 85.7 cm³/mol. The number of hydrogen-bond donors (Lipinski definition) is 1. The minimum absolute atomic E-state index is 0.161. The van der Waals surface area contributed by atoms with E-state index in [1.54, 1.807) is 6.26 Å². The molecule has 1 aromatic carbocycles. The highest BCUT2D eigenvalue weighted by molar-refractivity contribution is 6.33. The molecule has 1 fully saturated rings. The number of rotatable bonds is 4. The second-order valence-corrected chi connectivity index (χ2v) is 5.65. The van der Waals surface area contributed by atoms with Crippen LogP contribution in [-0.4, -0.2) is 37.6 Å². The molecule has 0 aliphatic carbocycles. The number of hydrogen-bond acceptors (Lipinski definition) is 4. The molecule has 2 N–H and O–H groups in total. The van der Waals surface area contributed by atoms with E-state index in [0.717, 1.165) is 42.6 Å². The van der Waals surface area contributed by atoms with Crippen molar-refractivity contribution < 1.29 is 4.42 Å². The lowest BCUT2D eigenvalue weighted by Crippen LogP contribution is -2.49. The van der Waals surface area contributed by atoms with Gasteiger partial charge in [-0.2, -0.15) is 0 Å². The van der Waals surface area contributed by atoms with E-state index in [1.807, 2.05) is 30.3 Å². The van der Waals surface area contributed by atoms with E-state index in [2.05, 4.69) is 15.9 Å².